The molecular weight excluding hydrogens is 715 g/mol. The number of aromatic nitrogens is 1. The molecule has 0 fully saturated rings. The van der Waals surface area contributed by atoms with Crippen LogP contribution in [-0.4, -0.2) is 16.9 Å². The zero-order valence-electron chi connectivity index (χ0n) is 33.0. The quantitative estimate of drug-likeness (QED) is 0.154. The average molecular weight is 756 g/mol. The van der Waals surface area contributed by atoms with Crippen molar-refractivity contribution in [2.45, 2.75) is 19.3 Å². The normalized spacial score (nSPS) is 13.2. The zero-order valence-corrected chi connectivity index (χ0v) is 33.0. The lowest BCUT2D eigenvalue weighted by atomic mass is 9.78. The number of fused-ring (bicyclic) bond motifs is 6. The first-order valence-electron chi connectivity index (χ1n) is 20.1. The van der Waals surface area contributed by atoms with E-state index < -0.39 is 0 Å². The number of nitrogens with one attached hydrogen (secondary N) is 1. The molecule has 0 saturated heterocycles. The summed E-state index contributed by atoms with van der Waals surface area (Å²) in [5.41, 5.74) is 16.2. The van der Waals surface area contributed by atoms with Crippen LogP contribution in [0.2, 0.25) is 0 Å². The molecule has 0 radical (unpaired) electrons. The van der Waals surface area contributed by atoms with Gasteiger partial charge >= 0.3 is 0 Å². The third kappa shape index (κ3) is 6.47. The minimum Gasteiger partial charge on any atom is -0.300 e. The fourth-order valence-electron chi connectivity index (χ4n) is 8.97. The van der Waals surface area contributed by atoms with E-state index in [9.17, 15) is 0 Å². The van der Waals surface area contributed by atoms with Gasteiger partial charge < -0.3 is 5.41 Å². The number of hydrogen-bond acceptors (Lipinski definition) is 3. The molecule has 59 heavy (non-hydrogen) atoms. The molecule has 1 heterocycles. The highest BCUT2D eigenvalue weighted by Crippen LogP contribution is 2.54. The Hall–Kier alpha value is -7.49. The third-order valence-electron chi connectivity index (χ3n) is 11.9. The molecule has 0 bridgehead atoms. The summed E-state index contributed by atoms with van der Waals surface area (Å²) in [5.74, 6) is 0. The first kappa shape index (κ1) is 35.9. The molecule has 10 rings (SSSR count). The number of nitrogens with zero attached hydrogens (tertiary/aromatic N) is 2. The third-order valence-corrected chi connectivity index (χ3v) is 11.9. The van der Waals surface area contributed by atoms with Gasteiger partial charge in [-0.2, -0.15) is 0 Å². The Labute approximate surface area is 345 Å². The summed E-state index contributed by atoms with van der Waals surface area (Å²) in [6.07, 6.45) is 7.45. The maximum atomic E-state index is 8.99. The van der Waals surface area contributed by atoms with E-state index in [1.54, 1.807) is 6.20 Å². The first-order valence-corrected chi connectivity index (χ1v) is 20.1. The molecule has 280 valence electrons. The second kappa shape index (κ2) is 14.8. The van der Waals surface area contributed by atoms with Crippen LogP contribution in [0.4, 0.5) is 0 Å². The zero-order chi connectivity index (χ0) is 39.9. The van der Waals surface area contributed by atoms with Crippen molar-refractivity contribution in [3.05, 3.63) is 228 Å². The van der Waals surface area contributed by atoms with Gasteiger partial charge in [0.05, 0.1) is 11.4 Å². The van der Waals surface area contributed by atoms with Crippen molar-refractivity contribution in [2.24, 2.45) is 4.99 Å². The van der Waals surface area contributed by atoms with Crippen LogP contribution in [0.1, 0.15) is 41.7 Å². The van der Waals surface area contributed by atoms with Crippen LogP contribution in [0.25, 0.3) is 71.7 Å². The van der Waals surface area contributed by atoms with Gasteiger partial charge in [0.15, 0.2) is 0 Å². The molecule has 3 heteroatoms. The van der Waals surface area contributed by atoms with Crippen LogP contribution in [0.15, 0.2) is 205 Å². The van der Waals surface area contributed by atoms with Crippen LogP contribution in [0, 0.1) is 5.41 Å². The smallest absolute Gasteiger partial charge is 0.0723 e. The van der Waals surface area contributed by atoms with Crippen molar-refractivity contribution in [2.75, 3.05) is 0 Å². The van der Waals surface area contributed by atoms with Gasteiger partial charge in [0.25, 0.3) is 0 Å². The standard InChI is InChI=1S/C56H41N3/c1-56(2)51-31-29-37-13-6-7-20-47(37)54(51)50-23-11-22-48(55(50)56)39-26-24-38(25-27-39)46-30-28-44(45-19-8-9-21-49(45)46)36-59-53(34-52(57)40-14-4-3-5-15-40)42-17-10-16-41(33-42)43-18-12-32-58-35-43/h3-36,57H,1-2H3/b53-34-,57-52?,59-36?. The van der Waals surface area contributed by atoms with Gasteiger partial charge in [-0.05, 0) is 95.4 Å². The number of rotatable bonds is 8. The summed E-state index contributed by atoms with van der Waals surface area (Å²) in [7, 11) is 0. The first-order chi connectivity index (χ1) is 28.9. The molecule has 8 aromatic carbocycles. The Morgan fingerprint density at radius 2 is 1.22 bits per heavy atom. The molecule has 0 atom stereocenters. The van der Waals surface area contributed by atoms with Crippen LogP contribution in [-0.2, 0) is 5.41 Å². The maximum Gasteiger partial charge on any atom is 0.0723 e. The van der Waals surface area contributed by atoms with Gasteiger partial charge in [-0.25, -0.2) is 0 Å². The molecule has 1 aromatic heterocycles. The van der Waals surface area contributed by atoms with E-state index in [-0.39, 0.29) is 5.41 Å². The SMILES string of the molecule is CC1(C)c2ccc3ccccc3c2-c2cccc(-c3ccc(-c4ccc(C=N/C(=C\C(=N)c5ccccc5)c5cccc(-c6cccnc6)c5)c5ccccc45)cc3)c21. The van der Waals surface area contributed by atoms with Crippen LogP contribution in [0.5, 0.6) is 0 Å². The summed E-state index contributed by atoms with van der Waals surface area (Å²) in [6, 6.07) is 64.3. The highest BCUT2D eigenvalue weighted by Gasteiger charge is 2.38. The molecule has 0 aliphatic heterocycles. The lowest BCUT2D eigenvalue weighted by Crippen LogP contribution is -2.16. The van der Waals surface area contributed by atoms with E-state index in [2.05, 4.69) is 158 Å². The molecule has 0 saturated carbocycles. The van der Waals surface area contributed by atoms with Gasteiger partial charge in [-0.15, -0.1) is 0 Å². The van der Waals surface area contributed by atoms with E-state index in [0.717, 1.165) is 38.6 Å². The fourth-order valence-corrected chi connectivity index (χ4v) is 8.97. The van der Waals surface area contributed by atoms with Crippen molar-refractivity contribution in [3.8, 4) is 44.5 Å². The van der Waals surface area contributed by atoms with Gasteiger partial charge in [0.2, 0.25) is 0 Å². The fraction of sp³-hybridized carbons (Fsp3) is 0.0536. The van der Waals surface area contributed by atoms with Crippen molar-refractivity contribution in [1.82, 2.24) is 4.98 Å². The lowest BCUT2D eigenvalue weighted by molar-refractivity contribution is 0.662. The highest BCUT2D eigenvalue weighted by atomic mass is 14.7. The summed E-state index contributed by atoms with van der Waals surface area (Å²) in [5, 5.41) is 13.9. The molecule has 0 amide bonds. The minimum absolute atomic E-state index is 0.128. The van der Waals surface area contributed by atoms with Crippen LogP contribution >= 0.6 is 0 Å². The van der Waals surface area contributed by atoms with Crippen molar-refractivity contribution >= 4 is 39.2 Å². The monoisotopic (exact) mass is 755 g/mol. The van der Waals surface area contributed by atoms with E-state index >= 15 is 0 Å². The van der Waals surface area contributed by atoms with Crippen molar-refractivity contribution < 1.29 is 0 Å². The second-order valence-electron chi connectivity index (χ2n) is 15.8. The molecule has 1 aliphatic carbocycles. The van der Waals surface area contributed by atoms with Crippen LogP contribution in [0.3, 0.4) is 0 Å². The second-order valence-corrected chi connectivity index (χ2v) is 15.8. The van der Waals surface area contributed by atoms with Gasteiger partial charge in [0, 0.05) is 40.7 Å². The molecule has 0 spiro atoms. The molecular formula is C56H41N3. The number of benzene rings is 8. The average Bonchev–Trinajstić information content (AvgIpc) is 3.54. The van der Waals surface area contributed by atoms with Crippen molar-refractivity contribution in [3.63, 3.8) is 0 Å². The molecule has 1 N–H and O–H groups in total. The molecule has 0 unspecified atom stereocenters. The number of pyridine rings is 1. The Balaban J connectivity index is 1.01. The summed E-state index contributed by atoms with van der Waals surface area (Å²) in [4.78, 5) is 9.44. The Morgan fingerprint density at radius 1 is 0.542 bits per heavy atom. The molecule has 9 aromatic rings. The Morgan fingerprint density at radius 3 is 2.02 bits per heavy atom. The molecule has 3 nitrogen and oxygen atoms in total. The minimum atomic E-state index is -0.128. The number of hydrogen-bond donors (Lipinski definition) is 1. The molecule has 1 aliphatic rings. The summed E-state index contributed by atoms with van der Waals surface area (Å²) >= 11 is 0. The van der Waals surface area contributed by atoms with Gasteiger partial charge in [0.1, 0.15) is 0 Å². The van der Waals surface area contributed by atoms with Crippen molar-refractivity contribution in [1.29, 1.82) is 5.41 Å². The maximum absolute atomic E-state index is 8.99. The lowest BCUT2D eigenvalue weighted by Gasteiger charge is -2.24. The van der Waals surface area contributed by atoms with E-state index in [4.69, 9.17) is 10.4 Å². The van der Waals surface area contributed by atoms with E-state index in [0.29, 0.717) is 11.4 Å². The number of allylic oxidation sites excluding steroid dienone is 1. The van der Waals surface area contributed by atoms with Crippen LogP contribution < -0.4 is 0 Å². The summed E-state index contributed by atoms with van der Waals surface area (Å²) < 4.78 is 0. The van der Waals surface area contributed by atoms with E-state index in [1.165, 1.54) is 55.3 Å². The predicted octanol–water partition coefficient (Wildman–Crippen LogP) is 14.2. The Kier molecular flexibility index (Phi) is 8.99. The Bertz CT molecular complexity index is 3120. The highest BCUT2D eigenvalue weighted by molar-refractivity contribution is 6.12. The van der Waals surface area contributed by atoms with E-state index in [1.807, 2.05) is 61.0 Å². The van der Waals surface area contributed by atoms with Gasteiger partial charge in [-0.3, -0.25) is 9.98 Å². The number of aliphatic imine (C=N–C) groups is 1. The topological polar surface area (TPSA) is 49.1 Å². The predicted molar refractivity (Wildman–Crippen MR) is 248 cm³/mol. The van der Waals surface area contributed by atoms with Gasteiger partial charge in [-0.1, -0.05) is 184 Å². The largest absolute Gasteiger partial charge is 0.300 e. The summed E-state index contributed by atoms with van der Waals surface area (Å²) in [6.45, 7) is 4.74.